The number of rotatable bonds is 4. The first kappa shape index (κ1) is 18.7. The van der Waals surface area contributed by atoms with Crippen molar-refractivity contribution in [1.82, 2.24) is 14.8 Å². The van der Waals surface area contributed by atoms with Crippen molar-refractivity contribution in [3.63, 3.8) is 0 Å². The van der Waals surface area contributed by atoms with Crippen LogP contribution in [0, 0.1) is 0 Å². The number of ether oxygens (including phenoxy) is 1. The molecule has 6 heteroatoms. The van der Waals surface area contributed by atoms with Gasteiger partial charge in [-0.25, -0.2) is 0 Å². The lowest BCUT2D eigenvalue weighted by atomic mass is 9.94. The molecule has 3 aromatic rings. The van der Waals surface area contributed by atoms with Gasteiger partial charge in [0.15, 0.2) is 0 Å². The molecule has 5 rings (SSSR count). The molecule has 4 heterocycles. The lowest BCUT2D eigenvalue weighted by Gasteiger charge is -2.27. The molecule has 0 bridgehead atoms. The van der Waals surface area contributed by atoms with E-state index in [1.807, 2.05) is 23.2 Å². The van der Waals surface area contributed by atoms with E-state index >= 15 is 0 Å². The van der Waals surface area contributed by atoms with E-state index in [9.17, 15) is 4.79 Å². The highest BCUT2D eigenvalue weighted by Gasteiger charge is 2.32. The summed E-state index contributed by atoms with van der Waals surface area (Å²) in [5, 5.41) is 1.25. The van der Waals surface area contributed by atoms with E-state index in [2.05, 4.69) is 40.2 Å². The minimum atomic E-state index is 0.174. The molecule has 2 fully saturated rings. The van der Waals surface area contributed by atoms with Crippen LogP contribution in [0.1, 0.15) is 33.3 Å². The zero-order valence-electron chi connectivity index (χ0n) is 16.4. The third-order valence-electron chi connectivity index (χ3n) is 5.92. The Morgan fingerprint density at radius 2 is 1.93 bits per heavy atom. The molecule has 0 saturated carbocycles. The molecule has 0 radical (unpaired) electrons. The van der Waals surface area contributed by atoms with Crippen LogP contribution in [0.4, 0.5) is 0 Å². The Hall–Kier alpha value is -2.28. The largest absolute Gasteiger partial charge is 0.378 e. The van der Waals surface area contributed by atoms with Gasteiger partial charge in [0.05, 0.1) is 23.8 Å². The van der Waals surface area contributed by atoms with E-state index in [4.69, 9.17) is 4.74 Å². The summed E-state index contributed by atoms with van der Waals surface area (Å²) in [5.41, 5.74) is 2.36. The van der Waals surface area contributed by atoms with Crippen molar-refractivity contribution in [1.29, 1.82) is 0 Å². The van der Waals surface area contributed by atoms with Crippen LogP contribution >= 0.6 is 11.3 Å². The molecular formula is C23H25N3O2S. The second-order valence-electron chi connectivity index (χ2n) is 7.79. The fraction of sp³-hybridized carbons (Fsp3) is 0.391. The number of amides is 1. The maximum atomic E-state index is 13.4. The topological polar surface area (TPSA) is 45.7 Å². The van der Waals surface area contributed by atoms with E-state index < -0.39 is 0 Å². The van der Waals surface area contributed by atoms with Crippen molar-refractivity contribution in [2.45, 2.75) is 18.9 Å². The molecule has 2 saturated heterocycles. The van der Waals surface area contributed by atoms with Crippen LogP contribution in [0.15, 0.2) is 48.7 Å². The third-order valence-corrected chi connectivity index (χ3v) is 7.09. The van der Waals surface area contributed by atoms with E-state index in [0.29, 0.717) is 32.2 Å². The highest BCUT2D eigenvalue weighted by atomic mass is 32.1. The van der Waals surface area contributed by atoms with Crippen LogP contribution in [0.2, 0.25) is 0 Å². The van der Waals surface area contributed by atoms with Crippen molar-refractivity contribution in [2.24, 2.45) is 0 Å². The number of aromatic nitrogens is 1. The van der Waals surface area contributed by atoms with E-state index in [0.717, 1.165) is 36.6 Å². The Balaban J connectivity index is 1.43. The number of carbonyl (C=O) groups excluding carboxylic acids is 1. The maximum Gasteiger partial charge on any atom is 0.264 e. The molecule has 29 heavy (non-hydrogen) atoms. The quantitative estimate of drug-likeness (QED) is 0.661. The Labute approximate surface area is 174 Å². The zero-order chi connectivity index (χ0) is 19.6. The number of fused-ring (bicyclic) bond motifs is 1. The van der Waals surface area contributed by atoms with Crippen LogP contribution in [0.5, 0.6) is 0 Å². The summed E-state index contributed by atoms with van der Waals surface area (Å²) in [4.78, 5) is 23.2. The van der Waals surface area contributed by atoms with Crippen molar-refractivity contribution < 1.29 is 9.53 Å². The molecule has 1 aromatic carbocycles. The monoisotopic (exact) mass is 407 g/mol. The average molecular weight is 408 g/mol. The molecule has 150 valence electrons. The maximum absolute atomic E-state index is 13.4. The molecule has 2 aliphatic rings. The van der Waals surface area contributed by atoms with Crippen LogP contribution in [0.3, 0.4) is 0 Å². The van der Waals surface area contributed by atoms with Gasteiger partial charge >= 0.3 is 0 Å². The van der Waals surface area contributed by atoms with Gasteiger partial charge in [-0.1, -0.05) is 24.3 Å². The van der Waals surface area contributed by atoms with Crippen molar-refractivity contribution in [2.75, 3.05) is 39.4 Å². The summed E-state index contributed by atoms with van der Waals surface area (Å²) in [5.74, 6) is 0.558. The molecule has 2 aromatic heterocycles. The molecule has 0 aliphatic carbocycles. The molecule has 0 N–H and O–H groups in total. The minimum Gasteiger partial charge on any atom is -0.378 e. The third kappa shape index (κ3) is 3.80. The van der Waals surface area contributed by atoms with Gasteiger partial charge in [0.25, 0.3) is 5.91 Å². The van der Waals surface area contributed by atoms with Crippen molar-refractivity contribution >= 4 is 27.3 Å². The van der Waals surface area contributed by atoms with Gasteiger partial charge in [0, 0.05) is 43.0 Å². The number of hydrogen-bond acceptors (Lipinski definition) is 5. The Bertz CT molecular complexity index is 998. The van der Waals surface area contributed by atoms with Gasteiger partial charge in [-0.2, -0.15) is 0 Å². The number of benzene rings is 1. The Morgan fingerprint density at radius 3 is 2.76 bits per heavy atom. The lowest BCUT2D eigenvalue weighted by Crippen LogP contribution is -2.40. The molecular weight excluding hydrogens is 382 g/mol. The fourth-order valence-corrected chi connectivity index (χ4v) is 5.73. The molecule has 0 spiro atoms. The molecule has 1 unspecified atom stereocenters. The molecule has 1 amide bonds. The van der Waals surface area contributed by atoms with Gasteiger partial charge in [-0.3, -0.25) is 14.7 Å². The van der Waals surface area contributed by atoms with Crippen LogP contribution < -0.4 is 0 Å². The fourth-order valence-electron chi connectivity index (χ4n) is 4.47. The van der Waals surface area contributed by atoms with E-state index in [1.54, 1.807) is 11.3 Å². The SMILES string of the molecule is O=C(c1sc2ccccc2c1C1CCN(Cc2ccccn2)C1)N1CCOCC1. The van der Waals surface area contributed by atoms with Gasteiger partial charge in [0.1, 0.15) is 0 Å². The predicted octanol–water partition coefficient (Wildman–Crippen LogP) is 3.76. The van der Waals surface area contributed by atoms with Crippen molar-refractivity contribution in [3.8, 4) is 0 Å². The second-order valence-corrected chi connectivity index (χ2v) is 8.84. The number of pyridine rings is 1. The Kier molecular flexibility index (Phi) is 5.31. The number of morpholine rings is 1. The number of carbonyl (C=O) groups is 1. The number of thiophene rings is 1. The lowest BCUT2D eigenvalue weighted by molar-refractivity contribution is 0.0305. The van der Waals surface area contributed by atoms with E-state index in [1.165, 1.54) is 15.6 Å². The second kappa shape index (κ2) is 8.22. The standard InChI is InChI=1S/C23H25N3O2S/c27-23(26-11-13-28-14-12-26)22-21(19-6-1-2-7-20(19)29-22)17-8-10-25(15-17)16-18-5-3-4-9-24-18/h1-7,9,17H,8,10-16H2. The summed E-state index contributed by atoms with van der Waals surface area (Å²) in [6.07, 6.45) is 2.94. The van der Waals surface area contributed by atoms with E-state index in [-0.39, 0.29) is 5.91 Å². The number of nitrogens with zero attached hydrogens (tertiary/aromatic N) is 3. The molecule has 2 aliphatic heterocycles. The highest BCUT2D eigenvalue weighted by molar-refractivity contribution is 7.21. The molecule has 1 atom stereocenters. The Morgan fingerprint density at radius 1 is 1.10 bits per heavy atom. The van der Waals surface area contributed by atoms with Gasteiger partial charge in [-0.15, -0.1) is 11.3 Å². The molecule has 5 nitrogen and oxygen atoms in total. The first-order valence-corrected chi connectivity index (χ1v) is 11.1. The first-order chi connectivity index (χ1) is 14.3. The predicted molar refractivity (Wildman–Crippen MR) is 115 cm³/mol. The minimum absolute atomic E-state index is 0.174. The first-order valence-electron chi connectivity index (χ1n) is 10.3. The number of likely N-dealkylation sites (tertiary alicyclic amines) is 1. The van der Waals surface area contributed by atoms with Crippen LogP contribution in [-0.2, 0) is 11.3 Å². The smallest absolute Gasteiger partial charge is 0.264 e. The summed E-state index contributed by atoms with van der Waals surface area (Å²) in [6.45, 7) is 5.51. The summed E-state index contributed by atoms with van der Waals surface area (Å²) < 4.78 is 6.65. The van der Waals surface area contributed by atoms with Gasteiger partial charge < -0.3 is 9.64 Å². The van der Waals surface area contributed by atoms with Gasteiger partial charge in [-0.05, 0) is 42.1 Å². The van der Waals surface area contributed by atoms with Crippen LogP contribution in [-0.4, -0.2) is 60.1 Å². The zero-order valence-corrected chi connectivity index (χ0v) is 17.2. The average Bonchev–Trinajstić information content (AvgIpc) is 3.38. The number of hydrogen-bond donors (Lipinski definition) is 0. The van der Waals surface area contributed by atoms with Gasteiger partial charge in [0.2, 0.25) is 0 Å². The summed E-state index contributed by atoms with van der Waals surface area (Å²) >= 11 is 1.65. The van der Waals surface area contributed by atoms with Crippen LogP contribution in [0.25, 0.3) is 10.1 Å². The summed E-state index contributed by atoms with van der Waals surface area (Å²) in [7, 11) is 0. The van der Waals surface area contributed by atoms with Crippen molar-refractivity contribution in [3.05, 3.63) is 64.8 Å². The normalized spacial score (nSPS) is 20.4. The summed E-state index contributed by atoms with van der Waals surface area (Å²) in [6, 6.07) is 14.5. The highest BCUT2D eigenvalue weighted by Crippen LogP contribution is 2.41.